The van der Waals surface area contributed by atoms with Gasteiger partial charge in [-0.05, 0) is 25.7 Å². The molecule has 0 spiro atoms. The lowest BCUT2D eigenvalue weighted by Gasteiger charge is -2.32. The van der Waals surface area contributed by atoms with Crippen LogP contribution in [-0.2, 0) is 10.0 Å². The van der Waals surface area contributed by atoms with Crippen molar-refractivity contribution in [3.05, 3.63) is 16.6 Å². The summed E-state index contributed by atoms with van der Waals surface area (Å²) in [6.45, 7) is 1.34. The van der Waals surface area contributed by atoms with Crippen molar-refractivity contribution in [2.24, 2.45) is 0 Å². The molecule has 1 aliphatic heterocycles. The van der Waals surface area contributed by atoms with E-state index in [4.69, 9.17) is 0 Å². The second-order valence-electron chi connectivity index (χ2n) is 5.50. The van der Waals surface area contributed by atoms with Gasteiger partial charge in [0, 0.05) is 30.6 Å². The van der Waals surface area contributed by atoms with Gasteiger partial charge in [-0.25, -0.2) is 17.7 Å². The number of piperidine rings is 1. The van der Waals surface area contributed by atoms with Crippen LogP contribution >= 0.6 is 11.3 Å². The van der Waals surface area contributed by atoms with Crippen LogP contribution in [0, 0.1) is 0 Å². The molecule has 19 heavy (non-hydrogen) atoms. The monoisotopic (exact) mass is 300 g/mol. The molecule has 2 aliphatic rings. The topological polar surface area (TPSA) is 50.3 Å². The number of hydrogen-bond donors (Lipinski definition) is 0. The quantitative estimate of drug-likeness (QED) is 0.862. The minimum Gasteiger partial charge on any atom is -0.249 e. The van der Waals surface area contributed by atoms with E-state index in [9.17, 15) is 8.42 Å². The van der Waals surface area contributed by atoms with Crippen molar-refractivity contribution in [2.75, 3.05) is 13.1 Å². The predicted octanol–water partition coefficient (Wildman–Crippen LogP) is 2.59. The molecule has 1 saturated carbocycles. The second kappa shape index (κ2) is 5.50. The van der Waals surface area contributed by atoms with E-state index in [1.807, 2.05) is 11.6 Å². The summed E-state index contributed by atoms with van der Waals surface area (Å²) < 4.78 is 26.7. The van der Waals surface area contributed by atoms with Crippen molar-refractivity contribution in [3.63, 3.8) is 0 Å². The van der Waals surface area contributed by atoms with Crippen LogP contribution in [-0.4, -0.2) is 36.0 Å². The van der Waals surface area contributed by atoms with E-state index < -0.39 is 10.0 Å². The molecule has 0 aromatic carbocycles. The van der Waals surface area contributed by atoms with Crippen LogP contribution in [0.2, 0.25) is 0 Å². The van der Waals surface area contributed by atoms with Gasteiger partial charge in [-0.3, -0.25) is 0 Å². The molecule has 3 rings (SSSR count). The third kappa shape index (κ3) is 2.71. The standard InChI is InChI=1S/C13H20N2O2S2/c16-19(17,12-3-1-2-4-12)15-8-5-11(6-9-15)13-14-7-10-18-13/h7,10-12H,1-6,8-9H2. The van der Waals surface area contributed by atoms with Gasteiger partial charge in [-0.15, -0.1) is 11.3 Å². The molecule has 1 aromatic rings. The van der Waals surface area contributed by atoms with Crippen molar-refractivity contribution in [3.8, 4) is 0 Å². The van der Waals surface area contributed by atoms with Gasteiger partial charge in [-0.1, -0.05) is 12.8 Å². The summed E-state index contributed by atoms with van der Waals surface area (Å²) in [6.07, 6.45) is 7.52. The molecule has 0 N–H and O–H groups in total. The van der Waals surface area contributed by atoms with E-state index in [0.29, 0.717) is 19.0 Å². The van der Waals surface area contributed by atoms with Gasteiger partial charge < -0.3 is 0 Å². The van der Waals surface area contributed by atoms with Crippen LogP contribution in [0.3, 0.4) is 0 Å². The third-order valence-corrected chi connectivity index (χ3v) is 7.67. The van der Waals surface area contributed by atoms with Crippen molar-refractivity contribution >= 4 is 21.4 Å². The molecule has 2 heterocycles. The van der Waals surface area contributed by atoms with Crippen LogP contribution in [0.25, 0.3) is 0 Å². The van der Waals surface area contributed by atoms with Crippen molar-refractivity contribution in [1.29, 1.82) is 0 Å². The SMILES string of the molecule is O=S(=O)(C1CCCC1)N1CCC(c2nccs2)CC1. The Morgan fingerprint density at radius 3 is 2.42 bits per heavy atom. The maximum atomic E-state index is 12.5. The van der Waals surface area contributed by atoms with Gasteiger partial charge in [0.05, 0.1) is 10.3 Å². The number of aromatic nitrogens is 1. The molecule has 0 atom stereocenters. The molecule has 2 fully saturated rings. The summed E-state index contributed by atoms with van der Waals surface area (Å²) in [6, 6.07) is 0. The van der Waals surface area contributed by atoms with Crippen LogP contribution in [0.15, 0.2) is 11.6 Å². The maximum absolute atomic E-state index is 12.5. The lowest BCUT2D eigenvalue weighted by molar-refractivity contribution is 0.315. The van der Waals surface area contributed by atoms with Crippen molar-refractivity contribution in [1.82, 2.24) is 9.29 Å². The van der Waals surface area contributed by atoms with Gasteiger partial charge in [0.1, 0.15) is 0 Å². The minimum absolute atomic E-state index is 0.107. The minimum atomic E-state index is -3.04. The van der Waals surface area contributed by atoms with Crippen LogP contribution in [0.1, 0.15) is 49.5 Å². The first-order chi connectivity index (χ1) is 9.18. The predicted molar refractivity (Wildman–Crippen MR) is 76.8 cm³/mol. The molecule has 4 nitrogen and oxygen atoms in total. The Bertz CT molecular complexity index is 499. The van der Waals surface area contributed by atoms with Gasteiger partial charge in [0.2, 0.25) is 10.0 Å². The highest BCUT2D eigenvalue weighted by Gasteiger charge is 2.36. The number of rotatable bonds is 3. The fourth-order valence-corrected chi connectivity index (χ4v) is 6.07. The molecular weight excluding hydrogens is 280 g/mol. The summed E-state index contributed by atoms with van der Waals surface area (Å²) in [4.78, 5) is 4.36. The smallest absolute Gasteiger partial charge is 0.216 e. The van der Waals surface area contributed by atoms with E-state index in [1.54, 1.807) is 15.6 Å². The molecule has 1 aliphatic carbocycles. The molecule has 0 unspecified atom stereocenters. The van der Waals surface area contributed by atoms with Gasteiger partial charge in [0.25, 0.3) is 0 Å². The zero-order chi connectivity index (χ0) is 13.3. The second-order valence-corrected chi connectivity index (χ2v) is 8.63. The van der Waals surface area contributed by atoms with E-state index in [1.165, 1.54) is 0 Å². The first-order valence-corrected chi connectivity index (χ1v) is 9.44. The molecule has 106 valence electrons. The third-order valence-electron chi connectivity index (χ3n) is 4.34. The first kappa shape index (κ1) is 13.5. The average Bonchev–Trinajstić information content (AvgIpc) is 3.12. The number of thiazole rings is 1. The first-order valence-electron chi connectivity index (χ1n) is 7.06. The number of sulfonamides is 1. The molecule has 0 radical (unpaired) electrons. The van der Waals surface area contributed by atoms with Gasteiger partial charge in [-0.2, -0.15) is 0 Å². The Morgan fingerprint density at radius 2 is 1.84 bits per heavy atom. The largest absolute Gasteiger partial charge is 0.249 e. The van der Waals surface area contributed by atoms with Crippen LogP contribution in [0.5, 0.6) is 0 Å². The highest BCUT2D eigenvalue weighted by atomic mass is 32.2. The van der Waals surface area contributed by atoms with E-state index in [-0.39, 0.29) is 5.25 Å². The van der Waals surface area contributed by atoms with E-state index >= 15 is 0 Å². The van der Waals surface area contributed by atoms with E-state index in [2.05, 4.69) is 4.98 Å². The Balaban J connectivity index is 1.63. The summed E-state index contributed by atoms with van der Waals surface area (Å²) in [5, 5.41) is 3.05. The van der Waals surface area contributed by atoms with Crippen LogP contribution < -0.4 is 0 Å². The Kier molecular flexibility index (Phi) is 3.91. The fraction of sp³-hybridized carbons (Fsp3) is 0.769. The Hall–Kier alpha value is -0.460. The molecule has 0 amide bonds. The molecule has 6 heteroatoms. The molecular formula is C13H20N2O2S2. The van der Waals surface area contributed by atoms with Gasteiger partial charge in [0.15, 0.2) is 0 Å². The summed E-state index contributed by atoms with van der Waals surface area (Å²) in [7, 11) is -3.04. The number of nitrogens with zero attached hydrogens (tertiary/aromatic N) is 2. The lowest BCUT2D eigenvalue weighted by Crippen LogP contribution is -2.42. The molecule has 1 aromatic heterocycles. The van der Waals surface area contributed by atoms with Crippen molar-refractivity contribution < 1.29 is 8.42 Å². The summed E-state index contributed by atoms with van der Waals surface area (Å²) in [5.41, 5.74) is 0. The zero-order valence-electron chi connectivity index (χ0n) is 11.0. The average molecular weight is 300 g/mol. The Labute approximate surface area is 118 Å². The summed E-state index contributed by atoms with van der Waals surface area (Å²) >= 11 is 1.68. The highest BCUT2D eigenvalue weighted by Crippen LogP contribution is 2.33. The summed E-state index contributed by atoms with van der Waals surface area (Å²) in [5.74, 6) is 0.454. The zero-order valence-corrected chi connectivity index (χ0v) is 12.6. The van der Waals surface area contributed by atoms with Crippen molar-refractivity contribution in [2.45, 2.75) is 49.7 Å². The fourth-order valence-electron chi connectivity index (χ4n) is 3.19. The van der Waals surface area contributed by atoms with Gasteiger partial charge >= 0.3 is 0 Å². The number of hydrogen-bond acceptors (Lipinski definition) is 4. The lowest BCUT2D eigenvalue weighted by atomic mass is 9.99. The Morgan fingerprint density at radius 1 is 1.16 bits per heavy atom. The van der Waals surface area contributed by atoms with Crippen LogP contribution in [0.4, 0.5) is 0 Å². The maximum Gasteiger partial charge on any atom is 0.216 e. The highest BCUT2D eigenvalue weighted by molar-refractivity contribution is 7.89. The molecule has 1 saturated heterocycles. The normalized spacial score (nSPS) is 24.0. The van der Waals surface area contributed by atoms with E-state index in [0.717, 1.165) is 43.5 Å². The molecule has 0 bridgehead atoms.